The number of hydrogen-bond donors (Lipinski definition) is 0. The average Bonchev–Trinajstić information content (AvgIpc) is 2.95. The van der Waals surface area contributed by atoms with E-state index in [9.17, 15) is 14.9 Å². The van der Waals surface area contributed by atoms with Crippen molar-refractivity contribution in [1.82, 2.24) is 14.8 Å². The van der Waals surface area contributed by atoms with Crippen molar-refractivity contribution in [3.8, 4) is 11.4 Å². The lowest BCUT2D eigenvalue weighted by atomic mass is 10.2. The molecule has 21 heavy (non-hydrogen) atoms. The Morgan fingerprint density at radius 3 is 3.00 bits per heavy atom. The summed E-state index contributed by atoms with van der Waals surface area (Å²) in [7, 11) is 1.30. The van der Waals surface area contributed by atoms with E-state index in [4.69, 9.17) is 0 Å². The van der Waals surface area contributed by atoms with E-state index < -0.39 is 15.7 Å². The molecule has 1 aromatic heterocycles. The molecule has 1 heterocycles. The molecule has 0 saturated carbocycles. The van der Waals surface area contributed by atoms with Gasteiger partial charge in [-0.3, -0.25) is 19.6 Å². The number of ether oxygens (including phenoxy) is 1. The molecule has 1 aromatic carbocycles. The van der Waals surface area contributed by atoms with Crippen molar-refractivity contribution in [2.45, 2.75) is 11.4 Å². The molecule has 0 radical (unpaired) electrons. The molecule has 1 atom stereocenters. The first-order chi connectivity index (χ1) is 10.0. The van der Waals surface area contributed by atoms with Crippen molar-refractivity contribution in [2.24, 2.45) is 0 Å². The van der Waals surface area contributed by atoms with Gasteiger partial charge in [-0.25, -0.2) is 4.98 Å². The lowest BCUT2D eigenvalue weighted by Gasteiger charge is -2.06. The Kier molecular flexibility index (Phi) is 4.63. The summed E-state index contributed by atoms with van der Waals surface area (Å²) in [6, 6.07) is 6.03. The summed E-state index contributed by atoms with van der Waals surface area (Å²) in [6.45, 7) is 0.245. The van der Waals surface area contributed by atoms with Crippen LogP contribution in [0, 0.1) is 10.1 Å². The lowest BCUT2D eigenvalue weighted by Crippen LogP contribution is -2.21. The van der Waals surface area contributed by atoms with Gasteiger partial charge in [-0.15, -0.1) is 0 Å². The summed E-state index contributed by atoms with van der Waals surface area (Å²) < 4.78 is 6.06. The van der Waals surface area contributed by atoms with Crippen LogP contribution in [0.1, 0.15) is 0 Å². The molecular formula is C12H11BrN4O4. The van der Waals surface area contributed by atoms with Crippen molar-refractivity contribution >= 4 is 27.6 Å². The topological polar surface area (TPSA) is 100 Å². The fourth-order valence-corrected chi connectivity index (χ4v) is 2.12. The number of nitro groups is 1. The fraction of sp³-hybridized carbons (Fsp3) is 0.250. The molecule has 0 N–H and O–H groups in total. The molecule has 2 aromatic rings. The minimum absolute atomic E-state index is 0.0308. The van der Waals surface area contributed by atoms with Gasteiger partial charge >= 0.3 is 5.97 Å². The van der Waals surface area contributed by atoms with Crippen molar-refractivity contribution in [3.63, 3.8) is 0 Å². The number of nitro benzene ring substituents is 1. The van der Waals surface area contributed by atoms with E-state index in [2.05, 4.69) is 30.7 Å². The van der Waals surface area contributed by atoms with E-state index in [0.29, 0.717) is 11.4 Å². The van der Waals surface area contributed by atoms with E-state index >= 15 is 0 Å². The number of non-ortho nitro benzene ring substituents is 1. The van der Waals surface area contributed by atoms with Crippen LogP contribution in [-0.4, -0.2) is 37.6 Å². The predicted molar refractivity (Wildman–Crippen MR) is 76.8 cm³/mol. The number of esters is 1. The molecule has 0 aliphatic heterocycles. The second-order valence-corrected chi connectivity index (χ2v) is 5.19. The molecule has 0 saturated heterocycles. The van der Waals surface area contributed by atoms with Crippen molar-refractivity contribution in [2.75, 3.05) is 7.11 Å². The maximum atomic E-state index is 11.3. The molecule has 0 aliphatic carbocycles. The first-order valence-electron chi connectivity index (χ1n) is 5.87. The van der Waals surface area contributed by atoms with Crippen LogP contribution < -0.4 is 0 Å². The maximum absolute atomic E-state index is 11.3. The third-order valence-corrected chi connectivity index (χ3v) is 3.32. The number of benzene rings is 1. The number of methoxy groups -OCH3 is 1. The van der Waals surface area contributed by atoms with Crippen molar-refractivity contribution < 1.29 is 14.5 Å². The highest BCUT2D eigenvalue weighted by Crippen LogP contribution is 2.20. The Morgan fingerprint density at radius 1 is 1.57 bits per heavy atom. The molecule has 0 bridgehead atoms. The molecule has 9 heteroatoms. The van der Waals surface area contributed by atoms with E-state index in [1.807, 2.05) is 0 Å². The lowest BCUT2D eigenvalue weighted by molar-refractivity contribution is -0.384. The molecule has 0 fully saturated rings. The highest BCUT2D eigenvalue weighted by atomic mass is 79.9. The van der Waals surface area contributed by atoms with E-state index in [1.54, 1.807) is 12.1 Å². The van der Waals surface area contributed by atoms with Gasteiger partial charge in [0.25, 0.3) is 5.69 Å². The standard InChI is InChI=1S/C12H11BrN4O4/c1-21-12(18)10(13)6-16-7-14-11(15-16)8-3-2-4-9(5-8)17(19)20/h2-5,7,10H,6H2,1H3. The van der Waals surface area contributed by atoms with Crippen LogP contribution in [0.2, 0.25) is 0 Å². The smallest absolute Gasteiger partial charge is 0.321 e. The Labute approximate surface area is 128 Å². The second-order valence-electron chi connectivity index (χ2n) is 4.09. The normalized spacial score (nSPS) is 11.9. The van der Waals surface area contributed by atoms with Gasteiger partial charge in [0.1, 0.15) is 11.2 Å². The number of hydrogen-bond acceptors (Lipinski definition) is 6. The van der Waals surface area contributed by atoms with Crippen LogP contribution in [0.4, 0.5) is 5.69 Å². The van der Waals surface area contributed by atoms with Crippen LogP contribution in [0.25, 0.3) is 11.4 Å². The number of aromatic nitrogens is 3. The first-order valence-corrected chi connectivity index (χ1v) is 6.79. The molecule has 0 spiro atoms. The highest BCUT2D eigenvalue weighted by Gasteiger charge is 2.17. The van der Waals surface area contributed by atoms with E-state index in [0.717, 1.165) is 0 Å². The minimum Gasteiger partial charge on any atom is -0.468 e. The quantitative estimate of drug-likeness (QED) is 0.351. The minimum atomic E-state index is -0.540. The maximum Gasteiger partial charge on any atom is 0.321 e. The zero-order chi connectivity index (χ0) is 15.4. The summed E-state index contributed by atoms with van der Waals surface area (Å²) in [5.41, 5.74) is 0.504. The van der Waals surface area contributed by atoms with Gasteiger partial charge in [-0.2, -0.15) is 5.10 Å². The zero-order valence-electron chi connectivity index (χ0n) is 11.0. The Balaban J connectivity index is 2.18. The number of carbonyl (C=O) groups is 1. The number of nitrogens with zero attached hydrogens (tertiary/aromatic N) is 4. The second kappa shape index (κ2) is 6.44. The molecule has 0 amide bonds. The largest absolute Gasteiger partial charge is 0.468 e. The van der Waals surface area contributed by atoms with E-state index in [-0.39, 0.29) is 12.2 Å². The van der Waals surface area contributed by atoms with Gasteiger partial charge < -0.3 is 4.74 Å². The summed E-state index contributed by atoms with van der Waals surface area (Å²) in [5.74, 6) is -0.0642. The van der Waals surface area contributed by atoms with Gasteiger partial charge in [0, 0.05) is 17.7 Å². The summed E-state index contributed by atoms with van der Waals surface area (Å²) >= 11 is 3.18. The SMILES string of the molecule is COC(=O)C(Br)Cn1cnc(-c2cccc([N+](=O)[O-])c2)n1. The van der Waals surface area contributed by atoms with Crippen LogP contribution in [0.3, 0.4) is 0 Å². The van der Waals surface area contributed by atoms with Gasteiger partial charge in [-0.05, 0) is 0 Å². The third kappa shape index (κ3) is 3.63. The van der Waals surface area contributed by atoms with E-state index in [1.165, 1.54) is 30.3 Å². The molecule has 2 rings (SSSR count). The van der Waals surface area contributed by atoms with Gasteiger partial charge in [-0.1, -0.05) is 28.1 Å². The predicted octanol–water partition coefficient (Wildman–Crippen LogP) is 1.79. The van der Waals surface area contributed by atoms with Crippen LogP contribution >= 0.6 is 15.9 Å². The van der Waals surface area contributed by atoms with Crippen molar-refractivity contribution in [1.29, 1.82) is 0 Å². The number of rotatable bonds is 5. The fourth-order valence-electron chi connectivity index (χ4n) is 1.64. The molecule has 1 unspecified atom stereocenters. The van der Waals surface area contributed by atoms with Crippen molar-refractivity contribution in [3.05, 3.63) is 40.7 Å². The number of halogens is 1. The third-order valence-electron chi connectivity index (χ3n) is 2.66. The monoisotopic (exact) mass is 354 g/mol. The summed E-state index contributed by atoms with van der Waals surface area (Å²) in [6.07, 6.45) is 1.45. The molecular weight excluding hydrogens is 344 g/mol. The summed E-state index contributed by atoms with van der Waals surface area (Å²) in [5, 5.41) is 14.9. The zero-order valence-corrected chi connectivity index (χ0v) is 12.6. The van der Waals surface area contributed by atoms with Crippen LogP contribution in [-0.2, 0) is 16.1 Å². The Morgan fingerprint density at radius 2 is 2.33 bits per heavy atom. The van der Waals surface area contributed by atoms with Gasteiger partial charge in [0.15, 0.2) is 5.82 Å². The molecule has 110 valence electrons. The average molecular weight is 355 g/mol. The number of alkyl halides is 1. The summed E-state index contributed by atoms with van der Waals surface area (Å²) in [4.78, 5) is 25.1. The van der Waals surface area contributed by atoms with Gasteiger partial charge in [0.2, 0.25) is 0 Å². The van der Waals surface area contributed by atoms with Crippen LogP contribution in [0.15, 0.2) is 30.6 Å². The van der Waals surface area contributed by atoms with Gasteiger partial charge in [0.05, 0.1) is 18.6 Å². The van der Waals surface area contributed by atoms with Crippen LogP contribution in [0.5, 0.6) is 0 Å². The first kappa shape index (κ1) is 15.1. The Bertz CT molecular complexity index is 673. The Hall–Kier alpha value is -2.29. The molecule has 8 nitrogen and oxygen atoms in total. The molecule has 0 aliphatic rings. The number of carbonyl (C=O) groups excluding carboxylic acids is 1. The highest BCUT2D eigenvalue weighted by molar-refractivity contribution is 9.10.